The Morgan fingerprint density at radius 1 is 1.35 bits per heavy atom. The number of nitrogens with zero attached hydrogens (tertiary/aromatic N) is 1. The number of rotatable bonds is 3. The molecule has 1 heterocycles. The van der Waals surface area contributed by atoms with E-state index in [1.165, 1.54) is 23.5 Å². The van der Waals surface area contributed by atoms with Crippen molar-refractivity contribution in [1.29, 1.82) is 0 Å². The van der Waals surface area contributed by atoms with Gasteiger partial charge in [0, 0.05) is 6.42 Å². The monoisotopic (exact) mass is 251 g/mol. The van der Waals surface area contributed by atoms with Gasteiger partial charge in [-0.2, -0.15) is 0 Å². The van der Waals surface area contributed by atoms with E-state index >= 15 is 0 Å². The highest BCUT2D eigenvalue weighted by atomic mass is 32.1. The summed E-state index contributed by atoms with van der Waals surface area (Å²) in [6.07, 6.45) is 0.202. The fraction of sp³-hybridized carbons (Fsp3) is 0.308. The summed E-state index contributed by atoms with van der Waals surface area (Å²) in [5.41, 5.74) is 1.90. The predicted octanol–water partition coefficient (Wildman–Crippen LogP) is 3.23. The molecule has 4 heteroatoms. The highest BCUT2D eigenvalue weighted by molar-refractivity contribution is 7.11. The average molecular weight is 251 g/mol. The third-order valence-corrected chi connectivity index (χ3v) is 3.85. The molecular weight excluding hydrogens is 237 g/mol. The fourth-order valence-corrected chi connectivity index (χ4v) is 2.74. The van der Waals surface area contributed by atoms with Gasteiger partial charge in [-0.05, 0) is 31.5 Å². The summed E-state index contributed by atoms with van der Waals surface area (Å²) >= 11 is 1.51. The molecule has 0 radical (unpaired) electrons. The van der Waals surface area contributed by atoms with Crippen molar-refractivity contribution in [1.82, 2.24) is 4.98 Å². The average Bonchev–Trinajstić information content (AvgIpc) is 2.63. The van der Waals surface area contributed by atoms with Crippen LogP contribution in [0.3, 0.4) is 0 Å². The quantitative estimate of drug-likeness (QED) is 0.908. The summed E-state index contributed by atoms with van der Waals surface area (Å²) in [5.74, 6) is -0.228. The first-order chi connectivity index (χ1) is 8.06. The summed E-state index contributed by atoms with van der Waals surface area (Å²) in [4.78, 5) is 5.32. The van der Waals surface area contributed by atoms with Crippen molar-refractivity contribution >= 4 is 11.3 Å². The maximum Gasteiger partial charge on any atom is 0.123 e. The summed E-state index contributed by atoms with van der Waals surface area (Å²) in [6, 6.07) is 6.42. The highest BCUT2D eigenvalue weighted by Crippen LogP contribution is 2.26. The molecule has 0 aliphatic heterocycles. The summed E-state index contributed by atoms with van der Waals surface area (Å²) in [7, 11) is 0. The zero-order valence-corrected chi connectivity index (χ0v) is 10.6. The molecule has 0 saturated carbocycles. The third-order valence-electron chi connectivity index (χ3n) is 2.52. The number of benzene rings is 1. The van der Waals surface area contributed by atoms with Crippen molar-refractivity contribution in [2.24, 2.45) is 0 Å². The first kappa shape index (κ1) is 12.2. The minimum Gasteiger partial charge on any atom is -0.388 e. The third kappa shape index (κ3) is 2.90. The molecule has 17 heavy (non-hydrogen) atoms. The van der Waals surface area contributed by atoms with Gasteiger partial charge in [0.2, 0.25) is 0 Å². The van der Waals surface area contributed by atoms with Crippen LogP contribution in [0.4, 0.5) is 4.39 Å². The molecule has 0 fully saturated rings. The lowest BCUT2D eigenvalue weighted by atomic mass is 10.1. The standard InChI is InChI=1S/C13H14FNOS/c1-8-13(9(2)16)17-12(15-8)7-10-3-5-11(14)6-4-10/h3-6,9,16H,7H2,1-2H3. The van der Waals surface area contributed by atoms with Gasteiger partial charge in [-0.25, -0.2) is 9.37 Å². The number of aliphatic hydroxyl groups is 1. The molecule has 1 aromatic carbocycles. The van der Waals surface area contributed by atoms with E-state index < -0.39 is 6.10 Å². The molecule has 1 unspecified atom stereocenters. The molecule has 1 N–H and O–H groups in total. The van der Waals surface area contributed by atoms with Crippen molar-refractivity contribution in [3.8, 4) is 0 Å². The molecule has 2 nitrogen and oxygen atoms in total. The molecule has 0 saturated heterocycles. The van der Waals surface area contributed by atoms with Crippen LogP contribution in [0.5, 0.6) is 0 Å². The lowest BCUT2D eigenvalue weighted by Crippen LogP contribution is -1.89. The van der Waals surface area contributed by atoms with Gasteiger partial charge < -0.3 is 5.11 Å². The number of thiazole rings is 1. The second-order valence-corrected chi connectivity index (χ2v) is 5.15. The van der Waals surface area contributed by atoms with Gasteiger partial charge in [0.15, 0.2) is 0 Å². The van der Waals surface area contributed by atoms with Crippen molar-refractivity contribution in [2.45, 2.75) is 26.4 Å². The Morgan fingerprint density at radius 2 is 2.00 bits per heavy atom. The molecule has 1 atom stereocenters. The first-order valence-corrected chi connectivity index (χ1v) is 6.26. The van der Waals surface area contributed by atoms with Crippen LogP contribution in [0.1, 0.15) is 34.2 Å². The number of aliphatic hydroxyl groups excluding tert-OH is 1. The minimum atomic E-state index is -0.477. The van der Waals surface area contributed by atoms with Crippen LogP contribution < -0.4 is 0 Å². The molecule has 0 amide bonds. The van der Waals surface area contributed by atoms with Gasteiger partial charge >= 0.3 is 0 Å². The summed E-state index contributed by atoms with van der Waals surface area (Å²) in [5, 5.41) is 10.5. The highest BCUT2D eigenvalue weighted by Gasteiger charge is 2.12. The minimum absolute atomic E-state index is 0.228. The van der Waals surface area contributed by atoms with Gasteiger partial charge in [0.1, 0.15) is 5.82 Å². The van der Waals surface area contributed by atoms with Crippen LogP contribution in [0.15, 0.2) is 24.3 Å². The Balaban J connectivity index is 2.19. The predicted molar refractivity (Wildman–Crippen MR) is 66.7 cm³/mol. The Labute approximate surface area is 104 Å². The number of hydrogen-bond donors (Lipinski definition) is 1. The van der Waals surface area contributed by atoms with Gasteiger partial charge in [-0.1, -0.05) is 12.1 Å². The molecule has 1 aromatic heterocycles. The molecule has 0 aliphatic carbocycles. The molecule has 0 spiro atoms. The van der Waals surface area contributed by atoms with Crippen LogP contribution >= 0.6 is 11.3 Å². The number of aromatic nitrogens is 1. The SMILES string of the molecule is Cc1nc(Cc2ccc(F)cc2)sc1C(C)O. The summed E-state index contributed by atoms with van der Waals surface area (Å²) in [6.45, 7) is 3.63. The normalized spacial score (nSPS) is 12.7. The maximum atomic E-state index is 12.8. The van der Waals surface area contributed by atoms with E-state index in [1.807, 2.05) is 6.92 Å². The molecule has 2 aromatic rings. The summed E-state index contributed by atoms with van der Waals surface area (Å²) < 4.78 is 12.8. The molecular formula is C13H14FNOS. The topological polar surface area (TPSA) is 33.1 Å². The maximum absolute atomic E-state index is 12.8. The van der Waals surface area contributed by atoms with Crippen LogP contribution in [0, 0.1) is 12.7 Å². The number of aryl methyl sites for hydroxylation is 1. The lowest BCUT2D eigenvalue weighted by Gasteiger charge is -1.99. The molecule has 2 rings (SSSR count). The number of hydrogen-bond acceptors (Lipinski definition) is 3. The molecule has 0 bridgehead atoms. The zero-order valence-electron chi connectivity index (χ0n) is 9.77. The molecule has 0 aliphatic rings. The van der Waals surface area contributed by atoms with Crippen LogP contribution in [-0.4, -0.2) is 10.1 Å². The van der Waals surface area contributed by atoms with Crippen LogP contribution in [0.25, 0.3) is 0 Å². The van der Waals surface area contributed by atoms with E-state index in [1.54, 1.807) is 19.1 Å². The van der Waals surface area contributed by atoms with E-state index in [0.717, 1.165) is 21.1 Å². The van der Waals surface area contributed by atoms with Gasteiger partial charge in [0.25, 0.3) is 0 Å². The van der Waals surface area contributed by atoms with Gasteiger partial charge in [-0.15, -0.1) is 11.3 Å². The van der Waals surface area contributed by atoms with Gasteiger partial charge in [0.05, 0.1) is 21.7 Å². The van der Waals surface area contributed by atoms with Gasteiger partial charge in [-0.3, -0.25) is 0 Å². The van der Waals surface area contributed by atoms with Crippen molar-refractivity contribution in [3.63, 3.8) is 0 Å². The smallest absolute Gasteiger partial charge is 0.123 e. The second-order valence-electron chi connectivity index (χ2n) is 4.04. The van der Waals surface area contributed by atoms with E-state index in [9.17, 15) is 9.50 Å². The van der Waals surface area contributed by atoms with E-state index in [-0.39, 0.29) is 5.82 Å². The first-order valence-electron chi connectivity index (χ1n) is 5.45. The van der Waals surface area contributed by atoms with Crippen molar-refractivity contribution in [3.05, 3.63) is 51.2 Å². The van der Waals surface area contributed by atoms with E-state index in [4.69, 9.17) is 0 Å². The zero-order chi connectivity index (χ0) is 12.4. The van der Waals surface area contributed by atoms with Crippen LogP contribution in [0.2, 0.25) is 0 Å². The Morgan fingerprint density at radius 3 is 2.53 bits per heavy atom. The fourth-order valence-electron chi connectivity index (χ4n) is 1.71. The van der Waals surface area contributed by atoms with Crippen molar-refractivity contribution < 1.29 is 9.50 Å². The Kier molecular flexibility index (Phi) is 3.54. The Hall–Kier alpha value is -1.26. The Bertz CT molecular complexity index is 505. The van der Waals surface area contributed by atoms with Crippen molar-refractivity contribution in [2.75, 3.05) is 0 Å². The second kappa shape index (κ2) is 4.94. The largest absolute Gasteiger partial charge is 0.388 e. The number of halogens is 1. The van der Waals surface area contributed by atoms with Crippen LogP contribution in [-0.2, 0) is 6.42 Å². The van der Waals surface area contributed by atoms with E-state index in [2.05, 4.69) is 4.98 Å². The lowest BCUT2D eigenvalue weighted by molar-refractivity contribution is 0.202. The van der Waals surface area contributed by atoms with E-state index in [0.29, 0.717) is 6.42 Å². The molecule has 90 valence electrons.